The van der Waals surface area contributed by atoms with Crippen molar-refractivity contribution in [3.05, 3.63) is 59.9 Å². The number of nitrogens with zero attached hydrogens (tertiary/aromatic N) is 4. The van der Waals surface area contributed by atoms with Gasteiger partial charge in [-0.05, 0) is 37.6 Å². The van der Waals surface area contributed by atoms with E-state index in [4.69, 9.17) is 4.42 Å². The van der Waals surface area contributed by atoms with Crippen LogP contribution in [0.4, 0.5) is 0 Å². The molecule has 0 unspecified atom stereocenters. The topological polar surface area (TPSA) is 84.4 Å². The lowest BCUT2D eigenvalue weighted by atomic mass is 10.0. The molecule has 140 valence electrons. The molecule has 0 spiro atoms. The molecule has 7 heteroatoms. The fraction of sp³-hybridized carbons (Fsp3) is 0.350. The summed E-state index contributed by atoms with van der Waals surface area (Å²) < 4.78 is 7.98. The lowest BCUT2D eigenvalue weighted by Crippen LogP contribution is -2.34. The summed E-state index contributed by atoms with van der Waals surface area (Å²) in [5.74, 6) is 1.41. The van der Waals surface area contributed by atoms with Gasteiger partial charge in [0.15, 0.2) is 0 Å². The molecule has 3 heterocycles. The highest BCUT2D eigenvalue weighted by Gasteiger charge is 2.28. The number of piperidine rings is 1. The molecule has 1 fully saturated rings. The molecule has 7 nitrogen and oxygen atoms in total. The maximum atomic E-state index is 11.5. The van der Waals surface area contributed by atoms with Crippen molar-refractivity contribution in [3.63, 3.8) is 0 Å². The van der Waals surface area contributed by atoms with E-state index in [-0.39, 0.29) is 11.6 Å². The van der Waals surface area contributed by atoms with E-state index in [1.165, 1.54) is 6.42 Å². The summed E-state index contributed by atoms with van der Waals surface area (Å²) in [6, 6.07) is 10.9. The van der Waals surface area contributed by atoms with E-state index in [9.17, 15) is 9.90 Å². The van der Waals surface area contributed by atoms with Crippen molar-refractivity contribution in [2.45, 2.75) is 31.8 Å². The molecular formula is C20H22N4O3. The number of benzene rings is 1. The number of carbonyl (C=O) groups is 1. The number of aromatic nitrogens is 3. The highest BCUT2D eigenvalue weighted by molar-refractivity contribution is 5.95. The molecule has 1 N–H and O–H groups in total. The lowest BCUT2D eigenvalue weighted by molar-refractivity contribution is 0.0697. The van der Waals surface area contributed by atoms with Crippen LogP contribution in [0.2, 0.25) is 0 Å². The Bertz CT molecular complexity index is 946. The third kappa shape index (κ3) is 3.50. The lowest BCUT2D eigenvalue weighted by Gasteiger charge is -2.34. The number of hydrogen-bond donors (Lipinski definition) is 1. The van der Waals surface area contributed by atoms with Crippen LogP contribution in [0.25, 0.3) is 11.3 Å². The van der Waals surface area contributed by atoms with Crippen LogP contribution in [0.5, 0.6) is 0 Å². The summed E-state index contributed by atoms with van der Waals surface area (Å²) in [6.45, 7) is 1.63. The Morgan fingerprint density at radius 1 is 1.26 bits per heavy atom. The van der Waals surface area contributed by atoms with Crippen molar-refractivity contribution in [2.75, 3.05) is 6.54 Å². The zero-order valence-corrected chi connectivity index (χ0v) is 15.2. The fourth-order valence-corrected chi connectivity index (χ4v) is 3.76. The van der Waals surface area contributed by atoms with E-state index in [0.29, 0.717) is 17.9 Å². The summed E-state index contributed by atoms with van der Waals surface area (Å²) in [7, 11) is 1.97. The molecule has 1 saturated heterocycles. The minimum absolute atomic E-state index is 0.214. The standard InChI is InChI=1S/C20H22N4O3/c1-23-13-21-22-19(23)17-8-4-5-11-24(17)12-14-9-10-18(27-14)15-6-2-3-7-16(15)20(25)26/h2-3,6-7,9-10,13,17H,4-5,8,11-12H2,1H3,(H,25,26)/t17-/m1/s1. The number of hydrogen-bond acceptors (Lipinski definition) is 5. The second kappa shape index (κ2) is 7.36. The van der Waals surface area contributed by atoms with Crippen LogP contribution in [0, 0.1) is 0 Å². The Morgan fingerprint density at radius 3 is 2.89 bits per heavy atom. The van der Waals surface area contributed by atoms with Gasteiger partial charge in [0, 0.05) is 12.6 Å². The Morgan fingerprint density at radius 2 is 2.11 bits per heavy atom. The average Bonchev–Trinajstić information content (AvgIpc) is 3.31. The quantitative estimate of drug-likeness (QED) is 0.744. The molecule has 3 aromatic rings. The van der Waals surface area contributed by atoms with E-state index < -0.39 is 5.97 Å². The molecule has 27 heavy (non-hydrogen) atoms. The second-order valence-corrected chi connectivity index (χ2v) is 6.90. The van der Waals surface area contributed by atoms with Crippen LogP contribution in [0.1, 0.15) is 47.2 Å². The maximum absolute atomic E-state index is 11.5. The predicted molar refractivity (Wildman–Crippen MR) is 99.1 cm³/mol. The van der Waals surface area contributed by atoms with Crippen LogP contribution in [-0.2, 0) is 13.6 Å². The Balaban J connectivity index is 1.57. The number of carboxylic acid groups (broad SMARTS) is 1. The largest absolute Gasteiger partial charge is 0.478 e. The first-order valence-electron chi connectivity index (χ1n) is 9.13. The molecule has 0 amide bonds. The first kappa shape index (κ1) is 17.5. The number of aromatic carboxylic acids is 1. The first-order chi connectivity index (χ1) is 13.1. The molecule has 0 radical (unpaired) electrons. The zero-order chi connectivity index (χ0) is 18.8. The third-order valence-corrected chi connectivity index (χ3v) is 5.10. The predicted octanol–water partition coefficient (Wildman–Crippen LogP) is 3.50. The molecule has 4 rings (SSSR count). The van der Waals surface area contributed by atoms with Crippen LogP contribution in [-0.4, -0.2) is 37.3 Å². The number of aryl methyl sites for hydroxylation is 1. The van der Waals surface area contributed by atoms with Crippen LogP contribution in [0.3, 0.4) is 0 Å². The summed E-state index contributed by atoms with van der Waals surface area (Å²) in [5, 5.41) is 17.7. The van der Waals surface area contributed by atoms with E-state index in [2.05, 4.69) is 15.1 Å². The van der Waals surface area contributed by atoms with Gasteiger partial charge < -0.3 is 14.1 Å². The third-order valence-electron chi connectivity index (χ3n) is 5.10. The van der Waals surface area contributed by atoms with E-state index in [1.54, 1.807) is 24.5 Å². The van der Waals surface area contributed by atoms with Crippen molar-refractivity contribution in [1.82, 2.24) is 19.7 Å². The normalized spacial score (nSPS) is 17.9. The van der Waals surface area contributed by atoms with Gasteiger partial charge in [0.2, 0.25) is 0 Å². The smallest absolute Gasteiger partial charge is 0.336 e. The van der Waals surface area contributed by atoms with Crippen LogP contribution >= 0.6 is 0 Å². The SMILES string of the molecule is Cn1cnnc1[C@H]1CCCCN1Cc1ccc(-c2ccccc2C(=O)O)o1. The Labute approximate surface area is 157 Å². The number of rotatable bonds is 5. The molecular weight excluding hydrogens is 344 g/mol. The Kier molecular flexibility index (Phi) is 4.77. The van der Waals surface area contributed by atoms with E-state index in [1.807, 2.05) is 29.8 Å². The molecule has 0 bridgehead atoms. The maximum Gasteiger partial charge on any atom is 0.336 e. The molecule has 1 atom stereocenters. The highest BCUT2D eigenvalue weighted by Crippen LogP contribution is 2.32. The zero-order valence-electron chi connectivity index (χ0n) is 15.2. The van der Waals surface area contributed by atoms with Gasteiger partial charge in [0.05, 0.1) is 18.2 Å². The van der Waals surface area contributed by atoms with Crippen molar-refractivity contribution in [1.29, 1.82) is 0 Å². The van der Waals surface area contributed by atoms with Gasteiger partial charge in [-0.3, -0.25) is 4.90 Å². The summed E-state index contributed by atoms with van der Waals surface area (Å²) >= 11 is 0. The average molecular weight is 366 g/mol. The summed E-state index contributed by atoms with van der Waals surface area (Å²) in [6.07, 6.45) is 5.09. The van der Waals surface area contributed by atoms with Gasteiger partial charge in [0.25, 0.3) is 0 Å². The second-order valence-electron chi connectivity index (χ2n) is 6.90. The number of carboxylic acids is 1. The van der Waals surface area contributed by atoms with Crippen molar-refractivity contribution in [2.24, 2.45) is 7.05 Å². The monoisotopic (exact) mass is 366 g/mol. The van der Waals surface area contributed by atoms with Crippen LogP contribution in [0.15, 0.2) is 47.1 Å². The van der Waals surface area contributed by atoms with Gasteiger partial charge in [-0.25, -0.2) is 4.79 Å². The fourth-order valence-electron chi connectivity index (χ4n) is 3.76. The molecule has 1 aliphatic heterocycles. The first-order valence-corrected chi connectivity index (χ1v) is 9.13. The minimum Gasteiger partial charge on any atom is -0.478 e. The number of likely N-dealkylation sites (tertiary alicyclic amines) is 1. The summed E-state index contributed by atoms with van der Waals surface area (Å²) in [4.78, 5) is 13.8. The van der Waals surface area contributed by atoms with Gasteiger partial charge in [0.1, 0.15) is 23.7 Å². The number of furan rings is 1. The van der Waals surface area contributed by atoms with Gasteiger partial charge >= 0.3 is 5.97 Å². The van der Waals surface area contributed by atoms with Gasteiger partial charge in [-0.1, -0.05) is 24.6 Å². The molecule has 1 aliphatic rings. The molecule has 1 aromatic carbocycles. The van der Waals surface area contributed by atoms with Gasteiger partial charge in [-0.2, -0.15) is 0 Å². The van der Waals surface area contributed by atoms with Crippen molar-refractivity contribution < 1.29 is 14.3 Å². The molecule has 0 saturated carbocycles. The van der Waals surface area contributed by atoms with Crippen LogP contribution < -0.4 is 0 Å². The van der Waals surface area contributed by atoms with Crippen molar-refractivity contribution in [3.8, 4) is 11.3 Å². The Hall–Kier alpha value is -2.93. The van der Waals surface area contributed by atoms with E-state index in [0.717, 1.165) is 31.0 Å². The highest BCUT2D eigenvalue weighted by atomic mass is 16.4. The van der Waals surface area contributed by atoms with Gasteiger partial charge in [-0.15, -0.1) is 10.2 Å². The van der Waals surface area contributed by atoms with Crippen molar-refractivity contribution >= 4 is 5.97 Å². The summed E-state index contributed by atoms with van der Waals surface area (Å²) in [5.41, 5.74) is 0.841. The molecule has 2 aromatic heterocycles. The molecule has 0 aliphatic carbocycles. The minimum atomic E-state index is -0.957. The van der Waals surface area contributed by atoms with E-state index >= 15 is 0 Å².